The fourth-order valence-electron chi connectivity index (χ4n) is 1.80. The zero-order valence-corrected chi connectivity index (χ0v) is 10.7. The van der Waals surface area contributed by atoms with Crippen molar-refractivity contribution in [2.45, 2.75) is 13.3 Å². The number of hydrogen-bond donors (Lipinski definition) is 1. The Labute approximate surface area is 110 Å². The molecule has 19 heavy (non-hydrogen) atoms. The van der Waals surface area contributed by atoms with Crippen molar-refractivity contribution in [1.29, 1.82) is 0 Å². The summed E-state index contributed by atoms with van der Waals surface area (Å²) in [5.74, 6) is -0.252. The number of esters is 1. The Hall–Kier alpha value is -2.36. The molecule has 98 valence electrons. The van der Waals surface area contributed by atoms with Crippen LogP contribution in [0.3, 0.4) is 0 Å². The van der Waals surface area contributed by atoms with Gasteiger partial charge in [0.2, 0.25) is 0 Å². The van der Waals surface area contributed by atoms with E-state index in [4.69, 9.17) is 4.74 Å². The van der Waals surface area contributed by atoms with Gasteiger partial charge in [-0.05, 0) is 24.6 Å². The molecule has 0 radical (unpaired) electrons. The Bertz CT molecular complexity index is 670. The normalized spacial score (nSPS) is 11.0. The summed E-state index contributed by atoms with van der Waals surface area (Å²) < 4.78 is 4.82. The topological polar surface area (TPSA) is 59.2 Å². The minimum atomic E-state index is -0.252. The van der Waals surface area contributed by atoms with Crippen LogP contribution in [0.4, 0.5) is 0 Å². The lowest BCUT2D eigenvalue weighted by Crippen LogP contribution is -2.01. The highest BCUT2D eigenvalue weighted by Crippen LogP contribution is 2.11. The first-order chi connectivity index (χ1) is 9.20. The van der Waals surface area contributed by atoms with Crippen molar-refractivity contribution in [2.24, 2.45) is 0 Å². The largest absolute Gasteiger partial charge is 0.466 e. The molecule has 1 aromatic heterocycles. The SMILES string of the molecule is CCOC(=O)CC=Cc1ccc2[nH]ccc(=O)c2c1. The summed E-state index contributed by atoms with van der Waals surface area (Å²) in [6.45, 7) is 2.16. The molecule has 1 heterocycles. The molecule has 0 bridgehead atoms. The lowest BCUT2D eigenvalue weighted by atomic mass is 10.1. The van der Waals surface area contributed by atoms with Gasteiger partial charge in [-0.1, -0.05) is 18.2 Å². The maximum atomic E-state index is 11.7. The van der Waals surface area contributed by atoms with E-state index in [9.17, 15) is 9.59 Å². The molecule has 0 spiro atoms. The maximum absolute atomic E-state index is 11.7. The fraction of sp³-hybridized carbons (Fsp3) is 0.200. The first-order valence-electron chi connectivity index (χ1n) is 6.14. The van der Waals surface area contributed by atoms with Gasteiger partial charge in [-0.25, -0.2) is 0 Å². The number of rotatable bonds is 4. The number of pyridine rings is 1. The number of carbonyl (C=O) groups is 1. The summed E-state index contributed by atoms with van der Waals surface area (Å²) in [6.07, 6.45) is 5.40. The Morgan fingerprint density at radius 2 is 2.21 bits per heavy atom. The smallest absolute Gasteiger partial charge is 0.309 e. The molecule has 0 saturated heterocycles. The lowest BCUT2D eigenvalue weighted by Gasteiger charge is -1.99. The summed E-state index contributed by atoms with van der Waals surface area (Å²) in [5.41, 5.74) is 1.66. The van der Waals surface area contributed by atoms with Crippen LogP contribution in [-0.2, 0) is 9.53 Å². The molecule has 0 aliphatic heterocycles. The number of benzene rings is 1. The molecular formula is C15H15NO3. The molecule has 0 aliphatic rings. The van der Waals surface area contributed by atoms with E-state index in [0.717, 1.165) is 11.1 Å². The van der Waals surface area contributed by atoms with Crippen molar-refractivity contribution in [3.05, 3.63) is 52.3 Å². The van der Waals surface area contributed by atoms with Gasteiger partial charge in [0.15, 0.2) is 5.43 Å². The second-order valence-electron chi connectivity index (χ2n) is 4.06. The summed E-state index contributed by atoms with van der Waals surface area (Å²) in [4.78, 5) is 25.9. The molecule has 1 aromatic carbocycles. The second kappa shape index (κ2) is 6.00. The summed E-state index contributed by atoms with van der Waals surface area (Å²) in [5, 5.41) is 0.640. The van der Waals surface area contributed by atoms with Gasteiger partial charge in [-0.3, -0.25) is 9.59 Å². The zero-order valence-electron chi connectivity index (χ0n) is 10.7. The van der Waals surface area contributed by atoms with Crippen LogP contribution in [0.2, 0.25) is 0 Å². The van der Waals surface area contributed by atoms with E-state index < -0.39 is 0 Å². The summed E-state index contributed by atoms with van der Waals surface area (Å²) in [6, 6.07) is 7.03. The Morgan fingerprint density at radius 1 is 1.37 bits per heavy atom. The fourth-order valence-corrected chi connectivity index (χ4v) is 1.80. The van der Waals surface area contributed by atoms with Crippen molar-refractivity contribution < 1.29 is 9.53 Å². The van der Waals surface area contributed by atoms with Crippen LogP contribution >= 0.6 is 0 Å². The Morgan fingerprint density at radius 3 is 3.00 bits per heavy atom. The molecule has 0 amide bonds. The van der Waals surface area contributed by atoms with Gasteiger partial charge in [-0.15, -0.1) is 0 Å². The summed E-state index contributed by atoms with van der Waals surface area (Å²) >= 11 is 0. The molecule has 4 heteroatoms. The minimum Gasteiger partial charge on any atom is -0.466 e. The molecule has 0 unspecified atom stereocenters. The van der Waals surface area contributed by atoms with E-state index in [2.05, 4.69) is 4.98 Å². The number of ether oxygens (including phenoxy) is 1. The van der Waals surface area contributed by atoms with E-state index in [0.29, 0.717) is 12.0 Å². The standard InChI is InChI=1S/C15H15NO3/c1-2-19-15(18)5-3-4-11-6-7-13-12(10-11)14(17)8-9-16-13/h3-4,6-10H,2,5H2,1H3,(H,16,17). The third kappa shape index (κ3) is 3.31. The Balaban J connectivity index is 2.18. The van der Waals surface area contributed by atoms with E-state index in [-0.39, 0.29) is 17.8 Å². The number of nitrogens with one attached hydrogen (secondary N) is 1. The van der Waals surface area contributed by atoms with Crippen LogP contribution in [0.5, 0.6) is 0 Å². The molecule has 0 aliphatic carbocycles. The number of fused-ring (bicyclic) bond motifs is 1. The second-order valence-corrected chi connectivity index (χ2v) is 4.06. The third-order valence-corrected chi connectivity index (χ3v) is 2.68. The quantitative estimate of drug-likeness (QED) is 0.856. The number of aromatic nitrogens is 1. The molecule has 2 rings (SSSR count). The molecule has 0 atom stereocenters. The van der Waals surface area contributed by atoms with Gasteiger partial charge in [0.25, 0.3) is 0 Å². The Kier molecular flexibility index (Phi) is 4.13. The number of H-pyrrole nitrogens is 1. The number of aromatic amines is 1. The molecule has 1 N–H and O–H groups in total. The highest BCUT2D eigenvalue weighted by Gasteiger charge is 1.99. The van der Waals surface area contributed by atoms with E-state index in [1.807, 2.05) is 18.2 Å². The monoisotopic (exact) mass is 257 g/mol. The first-order valence-corrected chi connectivity index (χ1v) is 6.14. The minimum absolute atomic E-state index is 0.0191. The van der Waals surface area contributed by atoms with Gasteiger partial charge in [0.05, 0.1) is 13.0 Å². The van der Waals surface area contributed by atoms with Crippen LogP contribution in [0.1, 0.15) is 18.9 Å². The highest BCUT2D eigenvalue weighted by atomic mass is 16.5. The van der Waals surface area contributed by atoms with Crippen molar-refractivity contribution in [3.8, 4) is 0 Å². The van der Waals surface area contributed by atoms with E-state index in [1.54, 1.807) is 25.3 Å². The van der Waals surface area contributed by atoms with E-state index >= 15 is 0 Å². The van der Waals surface area contributed by atoms with Crippen LogP contribution in [-0.4, -0.2) is 17.6 Å². The molecule has 2 aromatic rings. The van der Waals surface area contributed by atoms with Gasteiger partial charge in [0, 0.05) is 23.2 Å². The predicted molar refractivity (Wildman–Crippen MR) is 74.9 cm³/mol. The average Bonchev–Trinajstić information content (AvgIpc) is 2.40. The number of hydrogen-bond acceptors (Lipinski definition) is 3. The predicted octanol–water partition coefficient (Wildman–Crippen LogP) is 2.49. The van der Waals surface area contributed by atoms with Crippen molar-refractivity contribution in [3.63, 3.8) is 0 Å². The van der Waals surface area contributed by atoms with Crippen LogP contribution in [0.25, 0.3) is 17.0 Å². The van der Waals surface area contributed by atoms with Crippen molar-refractivity contribution in [1.82, 2.24) is 4.98 Å². The molecule has 0 saturated carbocycles. The first kappa shape index (κ1) is 13.1. The lowest BCUT2D eigenvalue weighted by molar-refractivity contribution is -0.142. The van der Waals surface area contributed by atoms with Crippen molar-refractivity contribution >= 4 is 22.9 Å². The van der Waals surface area contributed by atoms with Gasteiger partial charge in [0.1, 0.15) is 0 Å². The maximum Gasteiger partial charge on any atom is 0.309 e. The van der Waals surface area contributed by atoms with E-state index in [1.165, 1.54) is 6.07 Å². The van der Waals surface area contributed by atoms with Crippen LogP contribution in [0, 0.1) is 0 Å². The molecular weight excluding hydrogens is 242 g/mol. The summed E-state index contributed by atoms with van der Waals surface area (Å²) in [7, 11) is 0. The number of carbonyl (C=O) groups excluding carboxylic acids is 1. The van der Waals surface area contributed by atoms with Gasteiger partial charge < -0.3 is 9.72 Å². The molecule has 0 fully saturated rings. The van der Waals surface area contributed by atoms with Crippen LogP contribution in [0.15, 0.2) is 41.3 Å². The molecule has 4 nitrogen and oxygen atoms in total. The van der Waals surface area contributed by atoms with Crippen LogP contribution < -0.4 is 5.43 Å². The third-order valence-electron chi connectivity index (χ3n) is 2.68. The van der Waals surface area contributed by atoms with Gasteiger partial charge in [-0.2, -0.15) is 0 Å². The zero-order chi connectivity index (χ0) is 13.7. The highest BCUT2D eigenvalue weighted by molar-refractivity contribution is 5.81. The average molecular weight is 257 g/mol. The van der Waals surface area contributed by atoms with Gasteiger partial charge >= 0.3 is 5.97 Å². The van der Waals surface area contributed by atoms with Crippen molar-refractivity contribution in [2.75, 3.05) is 6.61 Å².